The second-order valence-electron chi connectivity index (χ2n) is 5.22. The lowest BCUT2D eigenvalue weighted by Crippen LogP contribution is -2.36. The number of nitrogens with one attached hydrogen (secondary N) is 1. The van der Waals surface area contributed by atoms with Gasteiger partial charge in [-0.25, -0.2) is 0 Å². The van der Waals surface area contributed by atoms with Crippen LogP contribution in [0.5, 0.6) is 0 Å². The van der Waals surface area contributed by atoms with Crippen LogP contribution in [0.4, 0.5) is 0 Å². The Kier molecular flexibility index (Phi) is 6.99. The van der Waals surface area contributed by atoms with Crippen LogP contribution >= 0.6 is 0 Å². The summed E-state index contributed by atoms with van der Waals surface area (Å²) in [5.74, 6) is 0.0911. The summed E-state index contributed by atoms with van der Waals surface area (Å²) in [6.07, 6.45) is 11.8. The molecule has 98 valence electrons. The lowest BCUT2D eigenvalue weighted by atomic mass is 9.95. The molecule has 0 aliphatic heterocycles. The molecule has 1 aliphatic carbocycles. The molecule has 0 bridgehead atoms. The highest BCUT2D eigenvalue weighted by molar-refractivity contribution is 5.92. The van der Waals surface area contributed by atoms with Crippen molar-refractivity contribution in [3.05, 3.63) is 12.2 Å². The summed E-state index contributed by atoms with van der Waals surface area (Å²) in [6, 6.07) is 0.406. The van der Waals surface area contributed by atoms with Gasteiger partial charge in [0.05, 0.1) is 0 Å². The van der Waals surface area contributed by atoms with Crippen LogP contribution in [0.25, 0.3) is 0 Å². The first-order valence-electron chi connectivity index (χ1n) is 7.22. The van der Waals surface area contributed by atoms with E-state index in [2.05, 4.69) is 18.8 Å². The molecule has 0 aromatic rings. The summed E-state index contributed by atoms with van der Waals surface area (Å²) in [4.78, 5) is 11.9. The van der Waals surface area contributed by atoms with Gasteiger partial charge in [-0.15, -0.1) is 0 Å². The van der Waals surface area contributed by atoms with Gasteiger partial charge in [-0.1, -0.05) is 52.0 Å². The van der Waals surface area contributed by atoms with Crippen LogP contribution in [0.2, 0.25) is 0 Å². The van der Waals surface area contributed by atoms with Crippen LogP contribution in [0.3, 0.4) is 0 Å². The quantitative estimate of drug-likeness (QED) is 0.527. The topological polar surface area (TPSA) is 29.1 Å². The highest BCUT2D eigenvalue weighted by Crippen LogP contribution is 2.18. The van der Waals surface area contributed by atoms with E-state index in [1.165, 1.54) is 38.5 Å². The number of carbonyl (C=O) groups is 1. The fourth-order valence-corrected chi connectivity index (χ4v) is 2.41. The van der Waals surface area contributed by atoms with Crippen LogP contribution < -0.4 is 5.32 Å². The maximum atomic E-state index is 11.9. The normalized spacial score (nSPS) is 16.8. The molecule has 0 heterocycles. The second-order valence-corrected chi connectivity index (χ2v) is 5.22. The summed E-state index contributed by atoms with van der Waals surface area (Å²) in [5, 5.41) is 3.12. The van der Waals surface area contributed by atoms with E-state index < -0.39 is 0 Å². The van der Waals surface area contributed by atoms with E-state index in [4.69, 9.17) is 0 Å². The maximum Gasteiger partial charge on any atom is 0.246 e. The molecular weight excluding hydrogens is 210 g/mol. The molecule has 0 aromatic heterocycles. The standard InChI is InChI=1S/C15H27NO/c1-3-4-5-7-10-13(2)15(17)16-14-11-8-6-9-12-14/h14H,2-12H2,1H3,(H,16,17). The van der Waals surface area contributed by atoms with Gasteiger partial charge >= 0.3 is 0 Å². The van der Waals surface area contributed by atoms with Gasteiger partial charge in [-0.3, -0.25) is 4.79 Å². The Morgan fingerprint density at radius 1 is 1.18 bits per heavy atom. The summed E-state index contributed by atoms with van der Waals surface area (Å²) in [6.45, 7) is 6.10. The molecule has 1 amide bonds. The minimum absolute atomic E-state index is 0.0911. The molecule has 0 unspecified atom stereocenters. The monoisotopic (exact) mass is 237 g/mol. The van der Waals surface area contributed by atoms with E-state index in [0.717, 1.165) is 31.3 Å². The minimum atomic E-state index is 0.0911. The minimum Gasteiger partial charge on any atom is -0.350 e. The first-order valence-corrected chi connectivity index (χ1v) is 7.22. The van der Waals surface area contributed by atoms with Crippen molar-refractivity contribution < 1.29 is 4.79 Å². The van der Waals surface area contributed by atoms with Gasteiger partial charge in [0.1, 0.15) is 0 Å². The van der Waals surface area contributed by atoms with E-state index in [0.29, 0.717) is 6.04 Å². The number of amides is 1. The fraction of sp³-hybridized carbons (Fsp3) is 0.800. The summed E-state index contributed by atoms with van der Waals surface area (Å²) in [5.41, 5.74) is 0.770. The lowest BCUT2D eigenvalue weighted by molar-refractivity contribution is -0.118. The predicted molar refractivity (Wildman–Crippen MR) is 72.9 cm³/mol. The van der Waals surface area contributed by atoms with Crippen molar-refractivity contribution >= 4 is 5.91 Å². The van der Waals surface area contributed by atoms with E-state index in [9.17, 15) is 4.79 Å². The number of carbonyl (C=O) groups excluding carboxylic acids is 1. The molecule has 0 radical (unpaired) electrons. The van der Waals surface area contributed by atoms with Gasteiger partial charge in [0.15, 0.2) is 0 Å². The summed E-state index contributed by atoms with van der Waals surface area (Å²) >= 11 is 0. The van der Waals surface area contributed by atoms with Gasteiger partial charge in [-0.05, 0) is 25.7 Å². The van der Waals surface area contributed by atoms with Crippen molar-refractivity contribution in [1.29, 1.82) is 0 Å². The Hall–Kier alpha value is -0.790. The van der Waals surface area contributed by atoms with Gasteiger partial charge in [0.2, 0.25) is 5.91 Å². The Balaban J connectivity index is 2.15. The lowest BCUT2D eigenvalue weighted by Gasteiger charge is -2.23. The van der Waals surface area contributed by atoms with Crippen LogP contribution in [0.1, 0.15) is 71.1 Å². The summed E-state index contributed by atoms with van der Waals surface area (Å²) in [7, 11) is 0. The summed E-state index contributed by atoms with van der Waals surface area (Å²) < 4.78 is 0. The number of rotatable bonds is 7. The molecule has 0 spiro atoms. The molecule has 1 rings (SSSR count). The number of hydrogen-bond acceptors (Lipinski definition) is 1. The van der Waals surface area contributed by atoms with Crippen molar-refractivity contribution in [3.63, 3.8) is 0 Å². The number of hydrogen-bond donors (Lipinski definition) is 1. The van der Waals surface area contributed by atoms with Crippen molar-refractivity contribution in [1.82, 2.24) is 5.32 Å². The molecule has 1 N–H and O–H groups in total. The molecular formula is C15H27NO. The highest BCUT2D eigenvalue weighted by Gasteiger charge is 2.16. The van der Waals surface area contributed by atoms with Crippen molar-refractivity contribution in [2.75, 3.05) is 0 Å². The first kappa shape index (κ1) is 14.3. The van der Waals surface area contributed by atoms with Crippen molar-refractivity contribution in [2.24, 2.45) is 0 Å². The fourth-order valence-electron chi connectivity index (χ4n) is 2.41. The predicted octanol–water partition coefficient (Wildman–Crippen LogP) is 3.96. The van der Waals surface area contributed by atoms with E-state index in [1.54, 1.807) is 0 Å². The second kappa shape index (κ2) is 8.32. The Labute approximate surface area is 106 Å². The third-order valence-electron chi connectivity index (χ3n) is 3.59. The van der Waals surface area contributed by atoms with E-state index >= 15 is 0 Å². The van der Waals surface area contributed by atoms with E-state index in [-0.39, 0.29) is 5.91 Å². The van der Waals surface area contributed by atoms with Gasteiger partial charge < -0.3 is 5.32 Å². The third kappa shape index (κ3) is 5.90. The average Bonchev–Trinajstić information content (AvgIpc) is 2.35. The molecule has 0 aromatic carbocycles. The van der Waals surface area contributed by atoms with E-state index in [1.807, 2.05) is 0 Å². The average molecular weight is 237 g/mol. The smallest absolute Gasteiger partial charge is 0.246 e. The molecule has 1 saturated carbocycles. The van der Waals surface area contributed by atoms with Crippen molar-refractivity contribution in [3.8, 4) is 0 Å². The zero-order valence-electron chi connectivity index (χ0n) is 11.3. The first-order chi connectivity index (χ1) is 8.24. The zero-order chi connectivity index (χ0) is 12.5. The van der Waals surface area contributed by atoms with Crippen LogP contribution in [0, 0.1) is 0 Å². The Morgan fingerprint density at radius 3 is 2.53 bits per heavy atom. The Bertz CT molecular complexity index is 241. The molecule has 0 atom stereocenters. The maximum absolute atomic E-state index is 11.9. The van der Waals surface area contributed by atoms with Crippen molar-refractivity contribution in [2.45, 2.75) is 77.2 Å². The highest BCUT2D eigenvalue weighted by atomic mass is 16.1. The molecule has 2 heteroatoms. The van der Waals surface area contributed by atoms with Gasteiger partial charge in [0.25, 0.3) is 0 Å². The zero-order valence-corrected chi connectivity index (χ0v) is 11.3. The number of unbranched alkanes of at least 4 members (excludes halogenated alkanes) is 3. The van der Waals surface area contributed by atoms with Crippen LogP contribution in [-0.2, 0) is 4.79 Å². The SMILES string of the molecule is C=C(CCCCCC)C(=O)NC1CCCCC1. The molecule has 0 saturated heterocycles. The van der Waals surface area contributed by atoms with Crippen LogP contribution in [-0.4, -0.2) is 11.9 Å². The van der Waals surface area contributed by atoms with Gasteiger partial charge in [0, 0.05) is 11.6 Å². The molecule has 17 heavy (non-hydrogen) atoms. The molecule has 1 fully saturated rings. The third-order valence-corrected chi connectivity index (χ3v) is 3.59. The molecule has 1 aliphatic rings. The van der Waals surface area contributed by atoms with Crippen LogP contribution in [0.15, 0.2) is 12.2 Å². The molecule has 2 nitrogen and oxygen atoms in total. The van der Waals surface area contributed by atoms with Gasteiger partial charge in [-0.2, -0.15) is 0 Å². The Morgan fingerprint density at radius 2 is 1.88 bits per heavy atom. The largest absolute Gasteiger partial charge is 0.350 e.